The van der Waals surface area contributed by atoms with Crippen LogP contribution in [0.2, 0.25) is 0 Å². The van der Waals surface area contributed by atoms with Crippen LogP contribution in [0.25, 0.3) is 17.8 Å². The molecule has 1 aromatic carbocycles. The highest BCUT2D eigenvalue weighted by molar-refractivity contribution is 5.37. The van der Waals surface area contributed by atoms with E-state index in [-0.39, 0.29) is 5.76 Å². The van der Waals surface area contributed by atoms with Crippen LogP contribution in [0.4, 0.5) is 0 Å². The van der Waals surface area contributed by atoms with Crippen molar-refractivity contribution >= 4 is 12.2 Å². The van der Waals surface area contributed by atoms with Crippen molar-refractivity contribution in [2.75, 3.05) is 0 Å². The Morgan fingerprint density at radius 3 is 2.59 bits per heavy atom. The number of aromatic nitrogens is 1. The average Bonchev–Trinajstić information content (AvgIpc) is 2.65. The molecule has 0 amide bonds. The SMILES string of the molecule is C/C=c1\oc(=O)n(-c2cccc(C)c2)\c1=C\C. The van der Waals surface area contributed by atoms with Gasteiger partial charge in [-0.25, -0.2) is 9.36 Å². The van der Waals surface area contributed by atoms with Gasteiger partial charge in [-0.05, 0) is 44.5 Å². The topological polar surface area (TPSA) is 35.1 Å². The van der Waals surface area contributed by atoms with Crippen molar-refractivity contribution in [1.29, 1.82) is 0 Å². The van der Waals surface area contributed by atoms with Crippen LogP contribution in [0, 0.1) is 6.92 Å². The van der Waals surface area contributed by atoms with Crippen molar-refractivity contribution in [2.24, 2.45) is 0 Å². The van der Waals surface area contributed by atoms with E-state index in [4.69, 9.17) is 4.42 Å². The predicted molar refractivity (Wildman–Crippen MR) is 68.6 cm³/mol. The summed E-state index contributed by atoms with van der Waals surface area (Å²) in [7, 11) is 0. The monoisotopic (exact) mass is 229 g/mol. The molecule has 0 atom stereocenters. The average molecular weight is 229 g/mol. The second-order valence-corrected chi connectivity index (χ2v) is 3.87. The Hall–Kier alpha value is -2.03. The van der Waals surface area contributed by atoms with Gasteiger partial charge in [0.2, 0.25) is 0 Å². The molecule has 3 heteroatoms. The molecule has 0 fully saturated rings. The van der Waals surface area contributed by atoms with Crippen LogP contribution in [0.1, 0.15) is 19.4 Å². The molecule has 0 aliphatic heterocycles. The standard InChI is InChI=1S/C14H15NO2/c1-4-12-13(5-2)17-14(16)15(12)11-8-6-7-10(3)9-11/h4-9H,1-3H3/b12-4+,13-5-. The molecule has 17 heavy (non-hydrogen) atoms. The molecule has 0 unspecified atom stereocenters. The molecule has 1 heterocycles. The molecule has 2 rings (SSSR count). The highest BCUT2D eigenvalue weighted by Crippen LogP contribution is 2.05. The summed E-state index contributed by atoms with van der Waals surface area (Å²) >= 11 is 0. The van der Waals surface area contributed by atoms with E-state index < -0.39 is 0 Å². The molecule has 0 radical (unpaired) electrons. The summed E-state index contributed by atoms with van der Waals surface area (Å²) in [6.07, 6.45) is 3.67. The molecular formula is C14H15NO2. The van der Waals surface area contributed by atoms with Gasteiger partial charge in [0.05, 0.1) is 11.0 Å². The van der Waals surface area contributed by atoms with Crippen LogP contribution in [-0.2, 0) is 0 Å². The highest BCUT2D eigenvalue weighted by Gasteiger charge is 2.06. The lowest BCUT2D eigenvalue weighted by molar-refractivity contribution is 0.477. The first kappa shape index (κ1) is 11.5. The zero-order valence-corrected chi connectivity index (χ0v) is 10.2. The van der Waals surface area contributed by atoms with Crippen LogP contribution >= 0.6 is 0 Å². The van der Waals surface area contributed by atoms with Crippen molar-refractivity contribution in [3.8, 4) is 5.69 Å². The van der Waals surface area contributed by atoms with Gasteiger partial charge in [-0.1, -0.05) is 18.2 Å². The maximum absolute atomic E-state index is 11.8. The number of aryl methyl sites for hydroxylation is 1. The molecular weight excluding hydrogens is 214 g/mol. The summed E-state index contributed by atoms with van der Waals surface area (Å²) in [5.74, 6) is -0.350. The smallest absolute Gasteiger partial charge is 0.408 e. The molecule has 0 aliphatic carbocycles. The number of oxazole rings is 1. The van der Waals surface area contributed by atoms with Crippen molar-refractivity contribution in [1.82, 2.24) is 4.57 Å². The van der Waals surface area contributed by atoms with E-state index in [0.717, 1.165) is 16.6 Å². The Kier molecular flexibility index (Phi) is 3.00. The third-order valence-electron chi connectivity index (χ3n) is 2.67. The molecule has 1 aromatic heterocycles. The minimum Gasteiger partial charge on any atom is -0.408 e. The number of benzene rings is 1. The first-order valence-electron chi connectivity index (χ1n) is 5.59. The van der Waals surface area contributed by atoms with Crippen LogP contribution in [0.3, 0.4) is 0 Å². The molecule has 2 aromatic rings. The predicted octanol–water partition coefficient (Wildman–Crippen LogP) is 1.34. The molecule has 0 saturated carbocycles. The summed E-state index contributed by atoms with van der Waals surface area (Å²) in [6.45, 7) is 5.74. The lowest BCUT2D eigenvalue weighted by Gasteiger charge is -2.01. The summed E-state index contributed by atoms with van der Waals surface area (Å²) in [5, 5.41) is 0.795. The Balaban J connectivity index is 2.86. The van der Waals surface area contributed by atoms with E-state index >= 15 is 0 Å². The summed E-state index contributed by atoms with van der Waals surface area (Å²) in [4.78, 5) is 11.8. The van der Waals surface area contributed by atoms with Gasteiger partial charge in [0, 0.05) is 0 Å². The van der Waals surface area contributed by atoms with Gasteiger partial charge in [0.1, 0.15) is 0 Å². The zero-order chi connectivity index (χ0) is 12.4. The van der Waals surface area contributed by atoms with Gasteiger partial charge < -0.3 is 4.42 Å². The first-order chi connectivity index (χ1) is 8.17. The second-order valence-electron chi connectivity index (χ2n) is 3.87. The fraction of sp³-hybridized carbons (Fsp3) is 0.214. The fourth-order valence-electron chi connectivity index (χ4n) is 1.89. The Morgan fingerprint density at radius 2 is 2.00 bits per heavy atom. The fourth-order valence-corrected chi connectivity index (χ4v) is 1.89. The van der Waals surface area contributed by atoms with Crippen molar-refractivity contribution in [3.63, 3.8) is 0 Å². The van der Waals surface area contributed by atoms with Gasteiger partial charge >= 0.3 is 5.76 Å². The van der Waals surface area contributed by atoms with Crippen molar-refractivity contribution < 1.29 is 4.42 Å². The normalized spacial score (nSPS) is 13.4. The van der Waals surface area contributed by atoms with E-state index in [9.17, 15) is 4.79 Å². The van der Waals surface area contributed by atoms with E-state index in [1.54, 1.807) is 10.6 Å². The molecule has 88 valence electrons. The lowest BCUT2D eigenvalue weighted by Crippen LogP contribution is -2.30. The minimum atomic E-state index is -0.350. The van der Waals surface area contributed by atoms with Crippen molar-refractivity contribution in [2.45, 2.75) is 20.8 Å². The third-order valence-corrected chi connectivity index (χ3v) is 2.67. The minimum absolute atomic E-state index is 0.350. The molecule has 0 bridgehead atoms. The lowest BCUT2D eigenvalue weighted by atomic mass is 10.2. The largest absolute Gasteiger partial charge is 0.424 e. The van der Waals surface area contributed by atoms with Crippen LogP contribution in [0.15, 0.2) is 33.5 Å². The van der Waals surface area contributed by atoms with E-state index in [2.05, 4.69) is 0 Å². The van der Waals surface area contributed by atoms with Gasteiger partial charge in [-0.3, -0.25) is 0 Å². The first-order valence-corrected chi connectivity index (χ1v) is 5.59. The zero-order valence-electron chi connectivity index (χ0n) is 10.2. The molecule has 0 N–H and O–H groups in total. The number of hydrogen-bond acceptors (Lipinski definition) is 2. The Morgan fingerprint density at radius 1 is 1.24 bits per heavy atom. The Labute approximate surface area is 99.3 Å². The van der Waals surface area contributed by atoms with Crippen LogP contribution in [-0.4, -0.2) is 4.57 Å². The summed E-state index contributed by atoms with van der Waals surface area (Å²) in [6, 6.07) is 7.79. The number of hydrogen-bond donors (Lipinski definition) is 0. The highest BCUT2D eigenvalue weighted by atomic mass is 16.4. The Bertz CT molecular complexity index is 705. The number of rotatable bonds is 1. The second kappa shape index (κ2) is 4.45. The van der Waals surface area contributed by atoms with E-state index in [1.165, 1.54) is 0 Å². The van der Waals surface area contributed by atoms with E-state index in [0.29, 0.717) is 5.42 Å². The van der Waals surface area contributed by atoms with Gasteiger partial charge in [0.25, 0.3) is 0 Å². The van der Waals surface area contributed by atoms with E-state index in [1.807, 2.05) is 51.1 Å². The van der Waals surface area contributed by atoms with Gasteiger partial charge in [-0.15, -0.1) is 0 Å². The third kappa shape index (κ3) is 1.96. The van der Waals surface area contributed by atoms with Crippen LogP contribution < -0.4 is 16.5 Å². The molecule has 0 aliphatic rings. The number of nitrogens with zero attached hydrogens (tertiary/aromatic N) is 1. The van der Waals surface area contributed by atoms with Gasteiger partial charge in [0.15, 0.2) is 5.42 Å². The van der Waals surface area contributed by atoms with Crippen LogP contribution in [0.5, 0.6) is 0 Å². The quantitative estimate of drug-likeness (QED) is 0.739. The van der Waals surface area contributed by atoms with Gasteiger partial charge in [-0.2, -0.15) is 0 Å². The molecule has 0 saturated heterocycles. The molecule has 0 spiro atoms. The summed E-state index contributed by atoms with van der Waals surface area (Å²) in [5.41, 5.74) is 2.55. The molecule has 3 nitrogen and oxygen atoms in total. The maximum atomic E-state index is 11.8. The summed E-state index contributed by atoms with van der Waals surface area (Å²) < 4.78 is 6.79. The van der Waals surface area contributed by atoms with Crippen molar-refractivity contribution in [3.05, 3.63) is 51.1 Å². The maximum Gasteiger partial charge on any atom is 0.424 e.